The maximum atomic E-state index is 11.3. The third-order valence-corrected chi connectivity index (χ3v) is 3.55. The largest absolute Gasteiger partial charge is 0.383 e. The molecule has 122 valence electrons. The molecule has 2 aromatic rings. The molecule has 0 aliphatic rings. The van der Waals surface area contributed by atoms with Crippen molar-refractivity contribution in [2.24, 2.45) is 7.05 Å². The van der Waals surface area contributed by atoms with E-state index in [9.17, 15) is 20.0 Å². The second kappa shape index (κ2) is 6.17. The summed E-state index contributed by atoms with van der Waals surface area (Å²) in [7, 11) is 1.73. The van der Waals surface area contributed by atoms with Gasteiger partial charge in [-0.1, -0.05) is 0 Å². The molecule has 1 heterocycles. The molecule has 0 spiro atoms. The predicted octanol–water partition coefficient (Wildman–Crippen LogP) is 1.85. The number of hydrogen-bond acceptors (Lipinski definition) is 6. The van der Waals surface area contributed by atoms with E-state index in [1.54, 1.807) is 24.9 Å². The van der Waals surface area contributed by atoms with Gasteiger partial charge in [0.05, 0.1) is 11.1 Å². The number of nitro groups is 1. The van der Waals surface area contributed by atoms with Crippen LogP contribution in [0.4, 0.5) is 11.4 Å². The smallest absolute Gasteiger partial charge is 0.293 e. The van der Waals surface area contributed by atoms with Gasteiger partial charge in [0.1, 0.15) is 11.3 Å². The molecule has 8 nitrogen and oxygen atoms in total. The average Bonchev–Trinajstić information content (AvgIpc) is 2.92. The van der Waals surface area contributed by atoms with Crippen LogP contribution in [0, 0.1) is 10.1 Å². The van der Waals surface area contributed by atoms with E-state index in [1.807, 2.05) is 0 Å². The van der Waals surface area contributed by atoms with Crippen LogP contribution in [-0.4, -0.2) is 32.1 Å². The molecule has 0 saturated carbocycles. The Labute approximate surface area is 132 Å². The molecular weight excluding hydrogens is 300 g/mol. The molecule has 0 fully saturated rings. The highest BCUT2D eigenvalue weighted by molar-refractivity contribution is 5.95. The maximum Gasteiger partial charge on any atom is 0.293 e. The number of nitrogens with zero attached hydrogens (tertiary/aromatic N) is 3. The number of aryl methyl sites for hydroxylation is 1. The topological polar surface area (TPSA) is 110 Å². The van der Waals surface area contributed by atoms with Gasteiger partial charge >= 0.3 is 0 Å². The van der Waals surface area contributed by atoms with Gasteiger partial charge in [-0.3, -0.25) is 19.6 Å². The molecule has 0 amide bonds. The number of carbonyl (C=O) groups is 1. The summed E-state index contributed by atoms with van der Waals surface area (Å²) in [6.07, 6.45) is 3.21. The van der Waals surface area contributed by atoms with Crippen molar-refractivity contribution >= 4 is 17.2 Å². The van der Waals surface area contributed by atoms with E-state index < -0.39 is 10.5 Å². The summed E-state index contributed by atoms with van der Waals surface area (Å²) >= 11 is 0. The molecule has 1 aromatic heterocycles. The average molecular weight is 318 g/mol. The monoisotopic (exact) mass is 318 g/mol. The lowest BCUT2D eigenvalue weighted by atomic mass is 9.99. The number of rotatable bonds is 6. The Balaban J connectivity index is 2.23. The summed E-state index contributed by atoms with van der Waals surface area (Å²) in [6.45, 7) is 2.99. The first-order valence-electron chi connectivity index (χ1n) is 6.95. The van der Waals surface area contributed by atoms with Crippen LogP contribution in [0.15, 0.2) is 30.6 Å². The van der Waals surface area contributed by atoms with Gasteiger partial charge in [-0.2, -0.15) is 5.10 Å². The van der Waals surface area contributed by atoms with Crippen molar-refractivity contribution < 1.29 is 14.8 Å². The van der Waals surface area contributed by atoms with Crippen LogP contribution in [0.1, 0.15) is 29.8 Å². The van der Waals surface area contributed by atoms with E-state index in [4.69, 9.17) is 0 Å². The number of nitrogens with one attached hydrogen (secondary N) is 1. The third-order valence-electron chi connectivity index (χ3n) is 3.55. The lowest BCUT2D eigenvalue weighted by Crippen LogP contribution is -2.30. The van der Waals surface area contributed by atoms with Gasteiger partial charge in [-0.05, 0) is 26.0 Å². The van der Waals surface area contributed by atoms with E-state index in [-0.39, 0.29) is 29.3 Å². The zero-order valence-electron chi connectivity index (χ0n) is 13.1. The van der Waals surface area contributed by atoms with Crippen molar-refractivity contribution in [2.75, 3.05) is 11.9 Å². The molecule has 0 bridgehead atoms. The zero-order chi connectivity index (χ0) is 17.2. The van der Waals surface area contributed by atoms with E-state index >= 15 is 0 Å². The van der Waals surface area contributed by atoms with E-state index in [0.717, 1.165) is 0 Å². The van der Waals surface area contributed by atoms with Crippen molar-refractivity contribution in [1.29, 1.82) is 0 Å². The summed E-state index contributed by atoms with van der Waals surface area (Å²) in [5, 5.41) is 28.5. The van der Waals surface area contributed by atoms with E-state index in [2.05, 4.69) is 10.4 Å². The lowest BCUT2D eigenvalue weighted by Gasteiger charge is -2.23. The number of Topliss-reactive ketones (excluding diaryl/α,β-unsaturated/α-hetero) is 1. The fraction of sp³-hybridized carbons (Fsp3) is 0.333. The van der Waals surface area contributed by atoms with Crippen molar-refractivity contribution in [3.8, 4) is 0 Å². The van der Waals surface area contributed by atoms with Crippen molar-refractivity contribution in [3.05, 3.63) is 51.8 Å². The number of ketones is 1. The maximum absolute atomic E-state index is 11.3. The standard InChI is InChI=1S/C15H18N4O4/c1-10(20)11-4-5-13(14(6-11)19(22)23)16-9-15(2,21)12-7-17-18(3)8-12/h4-8,16,21H,9H2,1-3H3/t15-/m1/s1. The first-order chi connectivity index (χ1) is 10.7. The Morgan fingerprint density at radius 2 is 2.22 bits per heavy atom. The number of anilines is 1. The van der Waals surface area contributed by atoms with E-state index in [0.29, 0.717) is 5.56 Å². The van der Waals surface area contributed by atoms with Gasteiger partial charge in [-0.25, -0.2) is 0 Å². The summed E-state index contributed by atoms with van der Waals surface area (Å²) < 4.78 is 1.56. The number of aliphatic hydroxyl groups is 1. The Bertz CT molecular complexity index is 752. The van der Waals surface area contributed by atoms with Crippen molar-refractivity contribution in [2.45, 2.75) is 19.4 Å². The molecule has 0 aliphatic carbocycles. The predicted molar refractivity (Wildman–Crippen MR) is 84.4 cm³/mol. The molecule has 0 aliphatic heterocycles. The molecule has 0 unspecified atom stereocenters. The number of aromatic nitrogens is 2. The summed E-state index contributed by atoms with van der Waals surface area (Å²) in [4.78, 5) is 22.0. The molecule has 0 radical (unpaired) electrons. The fourth-order valence-electron chi connectivity index (χ4n) is 2.12. The molecule has 1 atom stereocenters. The number of benzene rings is 1. The Morgan fingerprint density at radius 1 is 1.52 bits per heavy atom. The molecular formula is C15H18N4O4. The quantitative estimate of drug-likeness (QED) is 0.478. The Morgan fingerprint density at radius 3 is 2.74 bits per heavy atom. The van der Waals surface area contributed by atoms with Crippen LogP contribution in [0.5, 0.6) is 0 Å². The molecule has 2 N–H and O–H groups in total. The Hall–Kier alpha value is -2.74. The number of nitro benzene ring substituents is 1. The van der Waals surface area contributed by atoms with Crippen LogP contribution in [-0.2, 0) is 12.6 Å². The second-order valence-electron chi connectivity index (χ2n) is 5.58. The third kappa shape index (κ3) is 3.72. The van der Waals surface area contributed by atoms with Crippen LogP contribution in [0.25, 0.3) is 0 Å². The van der Waals surface area contributed by atoms with Crippen LogP contribution < -0.4 is 5.32 Å². The second-order valence-corrected chi connectivity index (χ2v) is 5.58. The first-order valence-corrected chi connectivity index (χ1v) is 6.95. The molecule has 2 rings (SSSR count). The SMILES string of the molecule is CC(=O)c1ccc(NC[C@@](C)(O)c2cnn(C)c2)c([N+](=O)[O-])c1. The first kappa shape index (κ1) is 16.6. The molecule has 8 heteroatoms. The normalized spacial score (nSPS) is 13.4. The summed E-state index contributed by atoms with van der Waals surface area (Å²) in [5.74, 6) is -0.248. The summed E-state index contributed by atoms with van der Waals surface area (Å²) in [5.41, 5.74) is -0.359. The highest BCUT2D eigenvalue weighted by Gasteiger charge is 2.26. The van der Waals surface area contributed by atoms with Gasteiger partial charge in [0.15, 0.2) is 5.78 Å². The lowest BCUT2D eigenvalue weighted by molar-refractivity contribution is -0.384. The van der Waals surface area contributed by atoms with Gasteiger partial charge in [0, 0.05) is 37.0 Å². The summed E-state index contributed by atoms with van der Waals surface area (Å²) in [6, 6.07) is 4.20. The number of hydrogen-bond donors (Lipinski definition) is 2. The van der Waals surface area contributed by atoms with E-state index in [1.165, 1.54) is 31.3 Å². The van der Waals surface area contributed by atoms with Crippen molar-refractivity contribution in [3.63, 3.8) is 0 Å². The van der Waals surface area contributed by atoms with Gasteiger partial charge < -0.3 is 10.4 Å². The molecule has 0 saturated heterocycles. The minimum Gasteiger partial charge on any atom is -0.383 e. The fourth-order valence-corrected chi connectivity index (χ4v) is 2.12. The molecule has 1 aromatic carbocycles. The number of carbonyl (C=O) groups excluding carboxylic acids is 1. The minimum absolute atomic E-state index is 0.0545. The van der Waals surface area contributed by atoms with Gasteiger partial charge in [0.2, 0.25) is 0 Å². The minimum atomic E-state index is -1.25. The highest BCUT2D eigenvalue weighted by Crippen LogP contribution is 2.28. The van der Waals surface area contributed by atoms with Crippen LogP contribution >= 0.6 is 0 Å². The van der Waals surface area contributed by atoms with Gasteiger partial charge in [0.25, 0.3) is 5.69 Å². The van der Waals surface area contributed by atoms with Crippen LogP contribution in [0.2, 0.25) is 0 Å². The van der Waals surface area contributed by atoms with Crippen molar-refractivity contribution in [1.82, 2.24) is 9.78 Å². The molecule has 23 heavy (non-hydrogen) atoms. The highest BCUT2D eigenvalue weighted by atomic mass is 16.6. The van der Waals surface area contributed by atoms with Crippen LogP contribution in [0.3, 0.4) is 0 Å². The zero-order valence-corrected chi connectivity index (χ0v) is 13.1. The Kier molecular flexibility index (Phi) is 4.46. The van der Waals surface area contributed by atoms with Gasteiger partial charge in [-0.15, -0.1) is 0 Å².